The average molecular weight is 271 g/mol. The first-order chi connectivity index (χ1) is 7.20. The highest BCUT2D eigenvalue weighted by Gasteiger charge is 2.07. The Morgan fingerprint density at radius 3 is 2.73 bits per heavy atom. The van der Waals surface area contributed by atoms with Gasteiger partial charge in [-0.1, -0.05) is 34.1 Å². The molecule has 0 aliphatic heterocycles. The summed E-state index contributed by atoms with van der Waals surface area (Å²) in [6, 6.07) is 3.00. The van der Waals surface area contributed by atoms with E-state index in [4.69, 9.17) is 0 Å². The lowest BCUT2D eigenvalue weighted by Crippen LogP contribution is -1.95. The highest BCUT2D eigenvalue weighted by molar-refractivity contribution is 9.09. The summed E-state index contributed by atoms with van der Waals surface area (Å²) >= 11 is 3.30. The Labute approximate surface area is 97.1 Å². The summed E-state index contributed by atoms with van der Waals surface area (Å²) in [5.74, 6) is -0.464. The van der Waals surface area contributed by atoms with Gasteiger partial charge in [-0.05, 0) is 30.5 Å². The molecule has 0 saturated carbocycles. The number of carbonyl (C=O) groups is 1. The SMILES string of the molecule is Cc1ccc(F)c(C=O)c1C=CCCBr. The topological polar surface area (TPSA) is 17.1 Å². The third-order valence-corrected chi connectivity index (χ3v) is 2.59. The summed E-state index contributed by atoms with van der Waals surface area (Å²) in [6.07, 6.45) is 5.14. The number of aldehydes is 1. The fourth-order valence-corrected chi connectivity index (χ4v) is 1.59. The molecule has 3 heteroatoms. The lowest BCUT2D eigenvalue weighted by atomic mass is 10.0. The van der Waals surface area contributed by atoms with Crippen molar-refractivity contribution in [1.29, 1.82) is 0 Å². The second-order valence-electron chi connectivity index (χ2n) is 3.19. The Hall–Kier alpha value is -0.960. The molecule has 0 aromatic heterocycles. The first-order valence-corrected chi connectivity index (χ1v) is 5.79. The van der Waals surface area contributed by atoms with Crippen molar-refractivity contribution in [3.63, 3.8) is 0 Å². The van der Waals surface area contributed by atoms with Gasteiger partial charge in [-0.2, -0.15) is 0 Å². The molecule has 0 atom stereocenters. The van der Waals surface area contributed by atoms with Gasteiger partial charge >= 0.3 is 0 Å². The average Bonchev–Trinajstić information content (AvgIpc) is 2.23. The van der Waals surface area contributed by atoms with E-state index in [0.29, 0.717) is 11.8 Å². The molecular weight excluding hydrogens is 259 g/mol. The minimum Gasteiger partial charge on any atom is -0.298 e. The van der Waals surface area contributed by atoms with Crippen LogP contribution in [-0.2, 0) is 0 Å². The summed E-state index contributed by atoms with van der Waals surface area (Å²) < 4.78 is 13.3. The van der Waals surface area contributed by atoms with E-state index in [0.717, 1.165) is 17.3 Å². The molecule has 0 spiro atoms. The maximum Gasteiger partial charge on any atom is 0.153 e. The molecule has 0 fully saturated rings. The van der Waals surface area contributed by atoms with Gasteiger partial charge < -0.3 is 0 Å². The van der Waals surface area contributed by atoms with Crippen molar-refractivity contribution in [3.05, 3.63) is 40.7 Å². The minimum atomic E-state index is -0.464. The number of hydrogen-bond donors (Lipinski definition) is 0. The van der Waals surface area contributed by atoms with E-state index < -0.39 is 5.82 Å². The van der Waals surface area contributed by atoms with Gasteiger partial charge in [0.25, 0.3) is 0 Å². The summed E-state index contributed by atoms with van der Waals surface area (Å²) in [4.78, 5) is 10.7. The van der Waals surface area contributed by atoms with Crippen LogP contribution in [0.1, 0.15) is 27.9 Å². The van der Waals surface area contributed by atoms with Crippen LogP contribution < -0.4 is 0 Å². The zero-order chi connectivity index (χ0) is 11.3. The van der Waals surface area contributed by atoms with Gasteiger partial charge in [0.15, 0.2) is 6.29 Å². The highest BCUT2D eigenvalue weighted by Crippen LogP contribution is 2.18. The molecule has 0 amide bonds. The fraction of sp³-hybridized carbons (Fsp3) is 0.250. The third kappa shape index (κ3) is 2.99. The second-order valence-corrected chi connectivity index (χ2v) is 3.98. The Bertz CT molecular complexity index is 385. The quantitative estimate of drug-likeness (QED) is 0.602. The maximum absolute atomic E-state index is 13.3. The number of allylic oxidation sites excluding steroid dienone is 1. The summed E-state index contributed by atoms with van der Waals surface area (Å²) in [5.41, 5.74) is 1.72. The van der Waals surface area contributed by atoms with E-state index in [-0.39, 0.29) is 5.56 Å². The lowest BCUT2D eigenvalue weighted by Gasteiger charge is -2.04. The molecule has 0 heterocycles. The van der Waals surface area contributed by atoms with Gasteiger partial charge in [-0.25, -0.2) is 4.39 Å². The molecule has 1 aromatic rings. The number of rotatable bonds is 4. The first kappa shape index (κ1) is 12.1. The molecule has 1 nitrogen and oxygen atoms in total. The summed E-state index contributed by atoms with van der Waals surface area (Å²) in [6.45, 7) is 1.86. The number of aryl methyl sites for hydroxylation is 1. The van der Waals surface area contributed by atoms with Crippen LogP contribution in [0.3, 0.4) is 0 Å². The predicted octanol–water partition coefficient (Wildman–Crippen LogP) is 3.74. The Morgan fingerprint density at radius 2 is 2.13 bits per heavy atom. The fourth-order valence-electron chi connectivity index (χ4n) is 1.32. The highest BCUT2D eigenvalue weighted by atomic mass is 79.9. The Kier molecular flexibility index (Phi) is 4.69. The number of benzene rings is 1. The molecule has 0 radical (unpaired) electrons. The Balaban J connectivity index is 3.13. The van der Waals surface area contributed by atoms with E-state index in [2.05, 4.69) is 15.9 Å². The van der Waals surface area contributed by atoms with Crippen LogP contribution in [0.5, 0.6) is 0 Å². The number of alkyl halides is 1. The summed E-state index contributed by atoms with van der Waals surface area (Å²) in [5, 5.41) is 0.855. The zero-order valence-corrected chi connectivity index (χ0v) is 10.1. The molecule has 15 heavy (non-hydrogen) atoms. The summed E-state index contributed by atoms with van der Waals surface area (Å²) in [7, 11) is 0. The molecule has 0 aliphatic carbocycles. The van der Waals surface area contributed by atoms with Crippen LogP contribution in [0, 0.1) is 12.7 Å². The van der Waals surface area contributed by atoms with Crippen molar-refractivity contribution in [2.45, 2.75) is 13.3 Å². The van der Waals surface area contributed by atoms with E-state index >= 15 is 0 Å². The third-order valence-electron chi connectivity index (χ3n) is 2.13. The first-order valence-electron chi connectivity index (χ1n) is 4.67. The molecule has 1 rings (SSSR count). The largest absolute Gasteiger partial charge is 0.298 e. The van der Waals surface area contributed by atoms with E-state index in [1.165, 1.54) is 6.07 Å². The molecule has 0 aliphatic rings. The number of carbonyl (C=O) groups excluding carboxylic acids is 1. The van der Waals surface area contributed by atoms with Crippen molar-refractivity contribution in [3.8, 4) is 0 Å². The smallest absolute Gasteiger partial charge is 0.153 e. The minimum absolute atomic E-state index is 0.140. The predicted molar refractivity (Wildman–Crippen MR) is 64.0 cm³/mol. The van der Waals surface area contributed by atoms with Crippen molar-refractivity contribution in [2.24, 2.45) is 0 Å². The lowest BCUT2D eigenvalue weighted by molar-refractivity contribution is 0.111. The number of hydrogen-bond acceptors (Lipinski definition) is 1. The molecular formula is C12H12BrFO. The van der Waals surface area contributed by atoms with Gasteiger partial charge in [0.2, 0.25) is 0 Å². The van der Waals surface area contributed by atoms with Gasteiger partial charge in [0.1, 0.15) is 5.82 Å². The van der Waals surface area contributed by atoms with Crippen LogP contribution in [0.15, 0.2) is 18.2 Å². The van der Waals surface area contributed by atoms with Crippen LogP contribution in [0.4, 0.5) is 4.39 Å². The van der Waals surface area contributed by atoms with Crippen LogP contribution >= 0.6 is 15.9 Å². The van der Waals surface area contributed by atoms with E-state index in [9.17, 15) is 9.18 Å². The molecule has 0 bridgehead atoms. The second kappa shape index (κ2) is 5.81. The van der Waals surface area contributed by atoms with Gasteiger partial charge in [0.05, 0.1) is 5.56 Å². The monoisotopic (exact) mass is 270 g/mol. The van der Waals surface area contributed by atoms with Crippen molar-refractivity contribution < 1.29 is 9.18 Å². The zero-order valence-electron chi connectivity index (χ0n) is 8.47. The van der Waals surface area contributed by atoms with Crippen LogP contribution in [0.25, 0.3) is 6.08 Å². The standard InChI is InChI=1S/C12H12BrFO/c1-9-5-6-12(14)11(8-15)10(9)4-2-3-7-13/h2,4-6,8H,3,7H2,1H3. The maximum atomic E-state index is 13.3. The van der Waals surface area contributed by atoms with Crippen LogP contribution in [0.2, 0.25) is 0 Å². The van der Waals surface area contributed by atoms with Crippen molar-refractivity contribution in [2.75, 3.05) is 5.33 Å². The Morgan fingerprint density at radius 1 is 1.40 bits per heavy atom. The molecule has 0 N–H and O–H groups in total. The normalized spacial score (nSPS) is 10.9. The van der Waals surface area contributed by atoms with Gasteiger partial charge in [-0.3, -0.25) is 4.79 Å². The van der Waals surface area contributed by atoms with Gasteiger partial charge in [0, 0.05) is 5.33 Å². The van der Waals surface area contributed by atoms with E-state index in [1.54, 1.807) is 12.1 Å². The van der Waals surface area contributed by atoms with Crippen molar-refractivity contribution >= 4 is 28.3 Å². The molecule has 1 aromatic carbocycles. The molecule has 0 unspecified atom stereocenters. The van der Waals surface area contributed by atoms with Crippen LogP contribution in [-0.4, -0.2) is 11.6 Å². The van der Waals surface area contributed by atoms with E-state index in [1.807, 2.05) is 13.0 Å². The van der Waals surface area contributed by atoms with Gasteiger partial charge in [-0.15, -0.1) is 0 Å². The molecule has 0 saturated heterocycles. The molecule has 80 valence electrons. The number of halogens is 2. The van der Waals surface area contributed by atoms with Crippen molar-refractivity contribution in [1.82, 2.24) is 0 Å².